The van der Waals surface area contributed by atoms with Gasteiger partial charge in [0.1, 0.15) is 9.77 Å². The van der Waals surface area contributed by atoms with Gasteiger partial charge in [0.15, 0.2) is 0 Å². The van der Waals surface area contributed by atoms with Crippen molar-refractivity contribution < 1.29 is 17.9 Å². The Kier molecular flexibility index (Phi) is 5.99. The van der Waals surface area contributed by atoms with E-state index in [0.717, 1.165) is 16.9 Å². The van der Waals surface area contributed by atoms with Crippen molar-refractivity contribution in [3.63, 3.8) is 0 Å². The van der Waals surface area contributed by atoms with Gasteiger partial charge in [-0.2, -0.15) is 4.31 Å². The quantitative estimate of drug-likeness (QED) is 0.816. The van der Waals surface area contributed by atoms with E-state index in [1.807, 2.05) is 19.1 Å². The molecule has 1 aromatic heterocycles. The first-order valence-corrected chi connectivity index (χ1v) is 10.8. The Morgan fingerprint density at radius 2 is 1.88 bits per heavy atom. The highest BCUT2D eigenvalue weighted by molar-refractivity contribution is 7.89. The zero-order valence-corrected chi connectivity index (χ0v) is 16.5. The molecule has 0 saturated carbocycles. The number of hydrogen-bond donors (Lipinski definition) is 1. The molecule has 0 spiro atoms. The molecule has 1 aromatic carbocycles. The standard InChI is InChI=1S/C17H19ClN2O4S2/c1-12(13-2-4-14(18)5-3-13)19-17(21)16-15(6-11-25-16)26(22,23)20-7-9-24-10-8-20/h2-6,11-12H,7-10H2,1H3,(H,19,21). The number of morpholine rings is 1. The van der Waals surface area contributed by atoms with Crippen LogP contribution in [0, 0.1) is 0 Å². The van der Waals surface area contributed by atoms with E-state index >= 15 is 0 Å². The van der Waals surface area contributed by atoms with Crippen LogP contribution in [0.15, 0.2) is 40.6 Å². The largest absolute Gasteiger partial charge is 0.379 e. The summed E-state index contributed by atoms with van der Waals surface area (Å²) < 4.78 is 32.3. The highest BCUT2D eigenvalue weighted by Crippen LogP contribution is 2.27. The zero-order valence-electron chi connectivity index (χ0n) is 14.1. The summed E-state index contributed by atoms with van der Waals surface area (Å²) in [7, 11) is -3.71. The van der Waals surface area contributed by atoms with Crippen molar-refractivity contribution >= 4 is 38.9 Å². The van der Waals surface area contributed by atoms with Gasteiger partial charge < -0.3 is 10.1 Å². The van der Waals surface area contributed by atoms with Gasteiger partial charge in [-0.3, -0.25) is 4.79 Å². The van der Waals surface area contributed by atoms with E-state index in [4.69, 9.17) is 16.3 Å². The van der Waals surface area contributed by atoms with Crippen LogP contribution in [0.4, 0.5) is 0 Å². The first-order chi connectivity index (χ1) is 12.4. The van der Waals surface area contributed by atoms with E-state index < -0.39 is 15.9 Å². The van der Waals surface area contributed by atoms with Gasteiger partial charge in [-0.25, -0.2) is 8.42 Å². The molecule has 26 heavy (non-hydrogen) atoms. The van der Waals surface area contributed by atoms with Gasteiger partial charge in [-0.05, 0) is 36.1 Å². The molecule has 3 rings (SSSR count). The summed E-state index contributed by atoms with van der Waals surface area (Å²) in [4.78, 5) is 12.9. The van der Waals surface area contributed by atoms with Crippen LogP contribution in [-0.2, 0) is 14.8 Å². The lowest BCUT2D eigenvalue weighted by Crippen LogP contribution is -2.41. The van der Waals surface area contributed by atoms with Crippen molar-refractivity contribution in [1.82, 2.24) is 9.62 Å². The molecule has 1 saturated heterocycles. The van der Waals surface area contributed by atoms with Crippen molar-refractivity contribution in [1.29, 1.82) is 0 Å². The van der Waals surface area contributed by atoms with Crippen LogP contribution in [0.25, 0.3) is 0 Å². The molecule has 1 atom stereocenters. The lowest BCUT2D eigenvalue weighted by Gasteiger charge is -2.26. The van der Waals surface area contributed by atoms with Crippen molar-refractivity contribution in [3.8, 4) is 0 Å². The molecule has 9 heteroatoms. The van der Waals surface area contributed by atoms with E-state index in [0.29, 0.717) is 31.3 Å². The molecule has 1 aliphatic rings. The van der Waals surface area contributed by atoms with Crippen LogP contribution in [-0.4, -0.2) is 44.9 Å². The Morgan fingerprint density at radius 3 is 2.54 bits per heavy atom. The van der Waals surface area contributed by atoms with E-state index in [1.54, 1.807) is 17.5 Å². The molecule has 2 heterocycles. The molecule has 1 aliphatic heterocycles. The van der Waals surface area contributed by atoms with Crippen LogP contribution >= 0.6 is 22.9 Å². The average Bonchev–Trinajstić information content (AvgIpc) is 3.14. The van der Waals surface area contributed by atoms with Crippen LogP contribution in [0.2, 0.25) is 5.02 Å². The summed E-state index contributed by atoms with van der Waals surface area (Å²) in [6, 6.07) is 8.36. The summed E-state index contributed by atoms with van der Waals surface area (Å²) in [5.41, 5.74) is 0.886. The third-order valence-corrected chi connectivity index (χ3v) is 7.38. The topological polar surface area (TPSA) is 75.7 Å². The average molecular weight is 415 g/mol. The fourth-order valence-corrected chi connectivity index (χ4v) is 5.53. The Morgan fingerprint density at radius 1 is 1.23 bits per heavy atom. The Bertz CT molecular complexity index is 874. The van der Waals surface area contributed by atoms with Gasteiger partial charge >= 0.3 is 0 Å². The molecule has 1 N–H and O–H groups in total. The molecule has 1 amide bonds. The zero-order chi connectivity index (χ0) is 18.7. The van der Waals surface area contributed by atoms with E-state index in [1.165, 1.54) is 10.4 Å². The molecule has 0 radical (unpaired) electrons. The summed E-state index contributed by atoms with van der Waals surface area (Å²) in [5, 5.41) is 5.09. The Labute approximate surface area is 161 Å². The summed E-state index contributed by atoms with van der Waals surface area (Å²) >= 11 is 7.00. The van der Waals surface area contributed by atoms with Gasteiger partial charge in [0.05, 0.1) is 19.3 Å². The highest BCUT2D eigenvalue weighted by Gasteiger charge is 2.31. The number of carbonyl (C=O) groups excluding carboxylic acids is 1. The second-order valence-electron chi connectivity index (χ2n) is 5.88. The number of nitrogens with zero attached hydrogens (tertiary/aromatic N) is 1. The Hall–Kier alpha value is -1.45. The number of nitrogens with one attached hydrogen (secondary N) is 1. The molecule has 1 unspecified atom stereocenters. The fraction of sp³-hybridized carbons (Fsp3) is 0.353. The van der Waals surface area contributed by atoms with Crippen molar-refractivity contribution in [3.05, 3.63) is 51.2 Å². The maximum absolute atomic E-state index is 12.8. The van der Waals surface area contributed by atoms with Crippen LogP contribution in [0.3, 0.4) is 0 Å². The van der Waals surface area contributed by atoms with E-state index in [-0.39, 0.29) is 15.8 Å². The maximum Gasteiger partial charge on any atom is 0.263 e. The number of ether oxygens (including phenoxy) is 1. The second-order valence-corrected chi connectivity index (χ2v) is 9.14. The number of hydrogen-bond acceptors (Lipinski definition) is 5. The maximum atomic E-state index is 12.8. The number of halogens is 1. The fourth-order valence-electron chi connectivity index (χ4n) is 2.69. The van der Waals surface area contributed by atoms with Crippen molar-refractivity contribution in [2.45, 2.75) is 17.9 Å². The van der Waals surface area contributed by atoms with Gasteiger partial charge in [-0.15, -0.1) is 11.3 Å². The third kappa shape index (κ3) is 4.10. The van der Waals surface area contributed by atoms with Crippen molar-refractivity contribution in [2.24, 2.45) is 0 Å². The summed E-state index contributed by atoms with van der Waals surface area (Å²) in [5.74, 6) is -0.408. The molecule has 6 nitrogen and oxygen atoms in total. The molecular weight excluding hydrogens is 396 g/mol. The van der Waals surface area contributed by atoms with Gasteiger partial charge in [0.2, 0.25) is 10.0 Å². The van der Waals surface area contributed by atoms with Crippen LogP contribution in [0.1, 0.15) is 28.2 Å². The molecule has 1 fully saturated rings. The van der Waals surface area contributed by atoms with Gasteiger partial charge in [-0.1, -0.05) is 23.7 Å². The SMILES string of the molecule is CC(NC(=O)c1sccc1S(=O)(=O)N1CCOCC1)c1ccc(Cl)cc1. The minimum absolute atomic E-state index is 0.0465. The number of carbonyl (C=O) groups is 1. The Balaban J connectivity index is 1.79. The highest BCUT2D eigenvalue weighted by atomic mass is 35.5. The lowest BCUT2D eigenvalue weighted by atomic mass is 10.1. The number of sulfonamides is 1. The third-order valence-electron chi connectivity index (χ3n) is 4.14. The molecule has 0 bridgehead atoms. The molecule has 0 aliphatic carbocycles. The predicted molar refractivity (Wildman–Crippen MR) is 101 cm³/mol. The monoisotopic (exact) mass is 414 g/mol. The first-order valence-electron chi connectivity index (χ1n) is 8.11. The minimum atomic E-state index is -3.71. The minimum Gasteiger partial charge on any atom is -0.379 e. The predicted octanol–water partition coefficient (Wildman–Crippen LogP) is 2.91. The van der Waals surface area contributed by atoms with Gasteiger partial charge in [0, 0.05) is 18.1 Å². The van der Waals surface area contributed by atoms with Crippen LogP contribution < -0.4 is 5.32 Å². The number of amides is 1. The van der Waals surface area contributed by atoms with E-state index in [9.17, 15) is 13.2 Å². The number of thiophene rings is 1. The van der Waals surface area contributed by atoms with Gasteiger partial charge in [0.25, 0.3) is 5.91 Å². The molecule has 2 aromatic rings. The number of rotatable bonds is 5. The summed E-state index contributed by atoms with van der Waals surface area (Å²) in [6.45, 7) is 3.14. The molecular formula is C17H19ClN2O4S2. The lowest BCUT2D eigenvalue weighted by molar-refractivity contribution is 0.0730. The molecule has 140 valence electrons. The van der Waals surface area contributed by atoms with E-state index in [2.05, 4.69) is 5.32 Å². The first kappa shape index (κ1) is 19.3. The second kappa shape index (κ2) is 8.06. The van der Waals surface area contributed by atoms with Crippen LogP contribution in [0.5, 0.6) is 0 Å². The summed E-state index contributed by atoms with van der Waals surface area (Å²) in [6.07, 6.45) is 0. The number of benzene rings is 1. The normalized spacial score (nSPS) is 17.0. The smallest absolute Gasteiger partial charge is 0.263 e. The van der Waals surface area contributed by atoms with Crippen molar-refractivity contribution in [2.75, 3.05) is 26.3 Å².